The topological polar surface area (TPSA) is 83.5 Å². The van der Waals surface area contributed by atoms with Crippen molar-refractivity contribution in [2.75, 3.05) is 26.4 Å². The van der Waals surface area contributed by atoms with Crippen LogP contribution in [0.3, 0.4) is 0 Å². The molecule has 1 heterocycles. The van der Waals surface area contributed by atoms with Crippen LogP contribution in [0.5, 0.6) is 0 Å². The number of unbranched alkanes of at least 4 members (excludes halogenated alkanes) is 3. The number of hydrogen-bond acceptors (Lipinski definition) is 7. The summed E-state index contributed by atoms with van der Waals surface area (Å²) >= 11 is 0. The Bertz CT molecular complexity index is 463. The highest BCUT2D eigenvalue weighted by Crippen LogP contribution is 2.30. The lowest BCUT2D eigenvalue weighted by atomic mass is 9.95. The number of aliphatic hydroxyl groups excluding tert-OH is 1. The first-order chi connectivity index (χ1) is 14.3. The van der Waals surface area contributed by atoms with E-state index in [-0.39, 0.29) is 0 Å². The van der Waals surface area contributed by atoms with Crippen LogP contribution in [0.2, 0.25) is 0 Å². The van der Waals surface area contributed by atoms with Gasteiger partial charge in [0.15, 0.2) is 12.4 Å². The molecule has 7 heteroatoms. The fourth-order valence-electron chi connectivity index (χ4n) is 3.02. The minimum atomic E-state index is -1.30. The number of hydrogen-bond donors (Lipinski definition) is 1. The van der Waals surface area contributed by atoms with E-state index in [4.69, 9.17) is 23.7 Å². The van der Waals surface area contributed by atoms with Crippen molar-refractivity contribution >= 4 is 5.97 Å². The van der Waals surface area contributed by atoms with Gasteiger partial charge in [-0.1, -0.05) is 40.0 Å². The molecule has 1 rings (SSSR count). The van der Waals surface area contributed by atoms with Gasteiger partial charge in [0.1, 0.15) is 18.3 Å². The molecular weight excluding hydrogens is 388 g/mol. The quantitative estimate of drug-likeness (QED) is 0.330. The summed E-state index contributed by atoms with van der Waals surface area (Å²) in [6, 6.07) is 0. The molecule has 0 spiro atoms. The molecular formula is C23H44O7. The summed E-state index contributed by atoms with van der Waals surface area (Å²) in [7, 11) is 0. The lowest BCUT2D eigenvalue weighted by Gasteiger charge is -2.44. The zero-order valence-corrected chi connectivity index (χ0v) is 19.9. The van der Waals surface area contributed by atoms with Crippen molar-refractivity contribution in [2.24, 2.45) is 5.41 Å². The third-order valence-electron chi connectivity index (χ3n) is 5.01. The van der Waals surface area contributed by atoms with E-state index in [9.17, 15) is 9.90 Å². The van der Waals surface area contributed by atoms with Crippen LogP contribution in [-0.2, 0) is 28.5 Å². The van der Waals surface area contributed by atoms with E-state index in [1.807, 2.05) is 0 Å². The number of ether oxygens (including phenoxy) is 5. The highest BCUT2D eigenvalue weighted by atomic mass is 16.7. The molecule has 1 saturated heterocycles. The summed E-state index contributed by atoms with van der Waals surface area (Å²) in [6.07, 6.45) is 1.88. The number of carbonyl (C=O) groups excluding carboxylic acids is 1. The molecule has 30 heavy (non-hydrogen) atoms. The standard InChI is InChI=1S/C23H44O7/c1-7-10-13-26-16-17-18(27-14-11-8-2)19(28-15-12-9-3)20(21(24)29-17)30-22(25)23(4,5)6/h17-21,24H,7-16H2,1-6H3/t17?,18-,19?,20+,21-/m1/s1. The zero-order chi connectivity index (χ0) is 22.6. The van der Waals surface area contributed by atoms with Crippen molar-refractivity contribution in [3.8, 4) is 0 Å². The van der Waals surface area contributed by atoms with Crippen LogP contribution in [0.4, 0.5) is 0 Å². The van der Waals surface area contributed by atoms with Gasteiger partial charge in [-0.15, -0.1) is 0 Å². The summed E-state index contributed by atoms with van der Waals surface area (Å²) in [5.74, 6) is -0.413. The van der Waals surface area contributed by atoms with Gasteiger partial charge in [0, 0.05) is 19.8 Å². The minimum absolute atomic E-state index is 0.293. The second-order valence-corrected chi connectivity index (χ2v) is 8.99. The Morgan fingerprint density at radius 3 is 1.93 bits per heavy atom. The first-order valence-corrected chi connectivity index (χ1v) is 11.6. The number of rotatable bonds is 14. The van der Waals surface area contributed by atoms with Gasteiger partial charge in [-0.2, -0.15) is 0 Å². The maximum absolute atomic E-state index is 12.5. The lowest BCUT2D eigenvalue weighted by Crippen LogP contribution is -2.62. The molecule has 0 aromatic carbocycles. The molecule has 5 atom stereocenters. The fourth-order valence-corrected chi connectivity index (χ4v) is 3.02. The second-order valence-electron chi connectivity index (χ2n) is 8.99. The van der Waals surface area contributed by atoms with Crippen molar-refractivity contribution in [1.29, 1.82) is 0 Å². The molecule has 0 aromatic heterocycles. The minimum Gasteiger partial charge on any atom is -0.454 e. The maximum Gasteiger partial charge on any atom is 0.311 e. The number of aliphatic hydroxyl groups is 1. The Labute approximate surface area is 182 Å². The molecule has 0 bridgehead atoms. The first kappa shape index (κ1) is 27.3. The van der Waals surface area contributed by atoms with Crippen molar-refractivity contribution in [2.45, 2.75) is 111 Å². The van der Waals surface area contributed by atoms with Gasteiger partial charge in [-0.05, 0) is 40.0 Å². The van der Waals surface area contributed by atoms with Gasteiger partial charge in [0.05, 0.1) is 12.0 Å². The van der Waals surface area contributed by atoms with Gasteiger partial charge in [0.25, 0.3) is 0 Å². The van der Waals surface area contributed by atoms with Crippen LogP contribution >= 0.6 is 0 Å². The average molecular weight is 433 g/mol. The predicted octanol–water partition coefficient (Wildman–Crippen LogP) is 3.85. The molecule has 1 N–H and O–H groups in total. The second kappa shape index (κ2) is 14.4. The molecule has 0 aromatic rings. The normalized spacial score (nSPS) is 27.2. The van der Waals surface area contributed by atoms with Gasteiger partial charge in [-0.25, -0.2) is 0 Å². The maximum atomic E-state index is 12.5. The van der Waals surface area contributed by atoms with Crippen LogP contribution in [0, 0.1) is 5.41 Å². The molecule has 0 aliphatic carbocycles. The summed E-state index contributed by atoms with van der Waals surface area (Å²) in [6.45, 7) is 13.6. The highest BCUT2D eigenvalue weighted by molar-refractivity contribution is 5.75. The Kier molecular flexibility index (Phi) is 13.1. The van der Waals surface area contributed by atoms with Gasteiger partial charge >= 0.3 is 5.97 Å². The number of esters is 1. The predicted molar refractivity (Wildman–Crippen MR) is 115 cm³/mol. The molecule has 0 radical (unpaired) electrons. The molecule has 1 aliphatic heterocycles. The van der Waals surface area contributed by atoms with Crippen LogP contribution in [0.1, 0.15) is 80.1 Å². The van der Waals surface area contributed by atoms with Crippen molar-refractivity contribution < 1.29 is 33.6 Å². The summed E-state index contributed by atoms with van der Waals surface area (Å²) in [5.41, 5.74) is -0.702. The molecule has 2 unspecified atom stereocenters. The SMILES string of the molecule is CCCCOCC1O[C@@H](O)[C@@H](OC(=O)C(C)(C)C)C(OCCCC)[C@@H]1OCCCC. The average Bonchev–Trinajstić information content (AvgIpc) is 2.68. The molecule has 0 amide bonds. The smallest absolute Gasteiger partial charge is 0.311 e. The Hall–Kier alpha value is -0.730. The van der Waals surface area contributed by atoms with Crippen LogP contribution in [-0.4, -0.2) is 68.2 Å². The van der Waals surface area contributed by atoms with E-state index in [0.717, 1.165) is 38.5 Å². The monoisotopic (exact) mass is 432 g/mol. The summed E-state index contributed by atoms with van der Waals surface area (Å²) in [5, 5.41) is 10.7. The summed E-state index contributed by atoms with van der Waals surface area (Å²) < 4.78 is 29.5. The fraction of sp³-hybridized carbons (Fsp3) is 0.957. The van der Waals surface area contributed by atoms with E-state index >= 15 is 0 Å². The van der Waals surface area contributed by atoms with E-state index < -0.39 is 42.1 Å². The Morgan fingerprint density at radius 2 is 1.40 bits per heavy atom. The molecule has 7 nitrogen and oxygen atoms in total. The zero-order valence-electron chi connectivity index (χ0n) is 19.9. The van der Waals surface area contributed by atoms with Crippen molar-refractivity contribution in [3.05, 3.63) is 0 Å². The molecule has 1 fully saturated rings. The van der Waals surface area contributed by atoms with E-state index in [0.29, 0.717) is 26.4 Å². The van der Waals surface area contributed by atoms with E-state index in [1.165, 1.54) is 0 Å². The Morgan fingerprint density at radius 1 is 0.867 bits per heavy atom. The van der Waals surface area contributed by atoms with Crippen LogP contribution < -0.4 is 0 Å². The summed E-state index contributed by atoms with van der Waals surface area (Å²) in [4.78, 5) is 12.5. The van der Waals surface area contributed by atoms with E-state index in [2.05, 4.69) is 20.8 Å². The van der Waals surface area contributed by atoms with Crippen LogP contribution in [0.25, 0.3) is 0 Å². The third-order valence-corrected chi connectivity index (χ3v) is 5.01. The van der Waals surface area contributed by atoms with Gasteiger partial charge in [0.2, 0.25) is 0 Å². The molecule has 0 saturated carbocycles. The van der Waals surface area contributed by atoms with Gasteiger partial charge < -0.3 is 28.8 Å². The molecule has 178 valence electrons. The largest absolute Gasteiger partial charge is 0.454 e. The molecule has 1 aliphatic rings. The first-order valence-electron chi connectivity index (χ1n) is 11.6. The van der Waals surface area contributed by atoms with Gasteiger partial charge in [-0.3, -0.25) is 4.79 Å². The van der Waals surface area contributed by atoms with Crippen molar-refractivity contribution in [1.82, 2.24) is 0 Å². The van der Waals surface area contributed by atoms with Crippen LogP contribution in [0.15, 0.2) is 0 Å². The van der Waals surface area contributed by atoms with E-state index in [1.54, 1.807) is 20.8 Å². The Balaban J connectivity index is 3.01. The van der Waals surface area contributed by atoms with Crippen molar-refractivity contribution in [3.63, 3.8) is 0 Å². The lowest BCUT2D eigenvalue weighted by molar-refractivity contribution is -0.308. The third kappa shape index (κ3) is 9.18. The number of carbonyl (C=O) groups is 1. The highest BCUT2D eigenvalue weighted by Gasteiger charge is 2.49.